The van der Waals surface area contributed by atoms with Crippen molar-refractivity contribution in [3.05, 3.63) is 71.7 Å². The highest BCUT2D eigenvalue weighted by Crippen LogP contribution is 2.30. The molecule has 24 heavy (non-hydrogen) atoms. The molecular weight excluding hydrogens is 318 g/mol. The second-order valence-corrected chi connectivity index (χ2v) is 6.35. The van der Waals surface area contributed by atoms with E-state index >= 15 is 0 Å². The maximum Gasteiger partial charge on any atom is 0.230 e. The van der Waals surface area contributed by atoms with Crippen LogP contribution in [0.1, 0.15) is 5.56 Å². The molecule has 1 amide bonds. The van der Waals surface area contributed by atoms with E-state index in [0.717, 1.165) is 27.7 Å². The van der Waals surface area contributed by atoms with Crippen LogP contribution in [0, 0.1) is 0 Å². The van der Waals surface area contributed by atoms with E-state index in [1.54, 1.807) is 0 Å². The van der Waals surface area contributed by atoms with Crippen molar-refractivity contribution in [3.63, 3.8) is 0 Å². The number of aromatic nitrogens is 2. The molecule has 5 heteroatoms. The molecule has 0 saturated heterocycles. The molecule has 2 aromatic heterocycles. The standard InChI is InChI=1S/C19H15N3OS/c23-18(10-13-6-2-1-3-7-13)22-19-21-17(12-24-19)15-11-20-16-9-5-4-8-14(15)16/h1-9,11-12,20H,10H2,(H,21,22,23). The molecule has 118 valence electrons. The van der Waals surface area contributed by atoms with Gasteiger partial charge < -0.3 is 10.3 Å². The van der Waals surface area contributed by atoms with Crippen molar-refractivity contribution >= 4 is 33.3 Å². The molecule has 0 spiro atoms. The summed E-state index contributed by atoms with van der Waals surface area (Å²) in [6, 6.07) is 17.8. The van der Waals surface area contributed by atoms with Crippen LogP contribution in [-0.4, -0.2) is 15.9 Å². The van der Waals surface area contributed by atoms with E-state index in [9.17, 15) is 4.79 Å². The van der Waals surface area contributed by atoms with Gasteiger partial charge in [-0.2, -0.15) is 0 Å². The van der Waals surface area contributed by atoms with Crippen LogP contribution in [0.3, 0.4) is 0 Å². The fourth-order valence-electron chi connectivity index (χ4n) is 2.68. The average molecular weight is 333 g/mol. The first-order chi connectivity index (χ1) is 11.8. The minimum absolute atomic E-state index is 0.0546. The molecule has 4 rings (SSSR count). The number of carbonyl (C=O) groups excluding carboxylic acids is 1. The van der Waals surface area contributed by atoms with Crippen LogP contribution in [0.5, 0.6) is 0 Å². The highest BCUT2D eigenvalue weighted by molar-refractivity contribution is 7.14. The van der Waals surface area contributed by atoms with Gasteiger partial charge in [0.1, 0.15) is 0 Å². The summed E-state index contributed by atoms with van der Waals surface area (Å²) >= 11 is 1.44. The van der Waals surface area contributed by atoms with Crippen LogP contribution < -0.4 is 5.32 Å². The van der Waals surface area contributed by atoms with E-state index in [1.807, 2.05) is 60.1 Å². The molecule has 4 nitrogen and oxygen atoms in total. The zero-order valence-corrected chi connectivity index (χ0v) is 13.6. The summed E-state index contributed by atoms with van der Waals surface area (Å²) < 4.78 is 0. The third-order valence-electron chi connectivity index (χ3n) is 3.82. The SMILES string of the molecule is O=C(Cc1ccccc1)Nc1nc(-c2c[nH]c3ccccc23)cs1. The monoisotopic (exact) mass is 333 g/mol. The van der Waals surface area contributed by atoms with E-state index in [0.29, 0.717) is 11.6 Å². The van der Waals surface area contributed by atoms with Gasteiger partial charge in [-0.3, -0.25) is 4.79 Å². The number of hydrogen-bond acceptors (Lipinski definition) is 3. The Morgan fingerprint density at radius 3 is 2.75 bits per heavy atom. The molecule has 0 bridgehead atoms. The molecule has 0 fully saturated rings. The fraction of sp³-hybridized carbons (Fsp3) is 0.0526. The number of rotatable bonds is 4. The number of carbonyl (C=O) groups is 1. The third kappa shape index (κ3) is 2.94. The molecule has 4 aromatic rings. The second kappa shape index (κ2) is 6.29. The van der Waals surface area contributed by atoms with Crippen molar-refractivity contribution in [1.82, 2.24) is 9.97 Å². The number of benzene rings is 2. The number of aromatic amines is 1. The normalized spacial score (nSPS) is 10.8. The zero-order valence-electron chi connectivity index (χ0n) is 12.8. The zero-order chi connectivity index (χ0) is 16.4. The van der Waals surface area contributed by atoms with Gasteiger partial charge in [0.25, 0.3) is 0 Å². The maximum absolute atomic E-state index is 12.1. The molecule has 0 radical (unpaired) electrons. The van der Waals surface area contributed by atoms with Gasteiger partial charge in [-0.25, -0.2) is 4.98 Å². The molecule has 0 aliphatic rings. The van der Waals surface area contributed by atoms with Crippen LogP contribution in [0.2, 0.25) is 0 Å². The van der Waals surface area contributed by atoms with Crippen molar-refractivity contribution in [1.29, 1.82) is 0 Å². The summed E-state index contributed by atoms with van der Waals surface area (Å²) in [5.74, 6) is -0.0546. The van der Waals surface area contributed by atoms with Crippen LogP contribution >= 0.6 is 11.3 Å². The molecule has 2 N–H and O–H groups in total. The number of H-pyrrole nitrogens is 1. The predicted molar refractivity (Wildman–Crippen MR) is 98.2 cm³/mol. The Hall–Kier alpha value is -2.92. The Kier molecular flexibility index (Phi) is 3.84. The summed E-state index contributed by atoms with van der Waals surface area (Å²) in [6.45, 7) is 0. The van der Waals surface area contributed by atoms with Gasteiger partial charge in [-0.1, -0.05) is 48.5 Å². The number of nitrogens with one attached hydrogen (secondary N) is 2. The number of hydrogen-bond donors (Lipinski definition) is 2. The van der Waals surface area contributed by atoms with Crippen LogP contribution in [0.4, 0.5) is 5.13 Å². The minimum Gasteiger partial charge on any atom is -0.360 e. The van der Waals surface area contributed by atoms with Gasteiger partial charge in [0.15, 0.2) is 5.13 Å². The van der Waals surface area contributed by atoms with Crippen LogP contribution in [0.15, 0.2) is 66.2 Å². The summed E-state index contributed by atoms with van der Waals surface area (Å²) in [4.78, 5) is 19.9. The quantitative estimate of drug-likeness (QED) is 0.579. The topological polar surface area (TPSA) is 57.8 Å². The van der Waals surface area contributed by atoms with Gasteiger partial charge in [-0.15, -0.1) is 11.3 Å². The number of fused-ring (bicyclic) bond motifs is 1. The minimum atomic E-state index is -0.0546. The number of thiazole rings is 1. The highest BCUT2D eigenvalue weighted by Gasteiger charge is 2.11. The molecule has 2 heterocycles. The van der Waals surface area contributed by atoms with Gasteiger partial charge in [0.2, 0.25) is 5.91 Å². The number of amides is 1. The molecule has 0 saturated carbocycles. The molecular formula is C19H15N3OS. The van der Waals surface area contributed by atoms with Gasteiger partial charge in [0, 0.05) is 28.0 Å². The maximum atomic E-state index is 12.1. The summed E-state index contributed by atoms with van der Waals surface area (Å²) in [5.41, 5.74) is 3.98. The summed E-state index contributed by atoms with van der Waals surface area (Å²) in [6.07, 6.45) is 2.30. The molecule has 0 aliphatic heterocycles. The van der Waals surface area contributed by atoms with Crippen molar-refractivity contribution in [2.24, 2.45) is 0 Å². The van der Waals surface area contributed by atoms with Crippen molar-refractivity contribution in [2.75, 3.05) is 5.32 Å². The Morgan fingerprint density at radius 1 is 1.08 bits per heavy atom. The van der Waals surface area contributed by atoms with Crippen molar-refractivity contribution < 1.29 is 4.79 Å². The molecule has 0 unspecified atom stereocenters. The van der Waals surface area contributed by atoms with Gasteiger partial charge in [0.05, 0.1) is 12.1 Å². The van der Waals surface area contributed by atoms with Crippen molar-refractivity contribution in [3.8, 4) is 11.3 Å². The first-order valence-corrected chi connectivity index (χ1v) is 8.53. The van der Waals surface area contributed by atoms with E-state index in [2.05, 4.69) is 21.4 Å². The van der Waals surface area contributed by atoms with E-state index in [4.69, 9.17) is 0 Å². The van der Waals surface area contributed by atoms with E-state index < -0.39 is 0 Å². The average Bonchev–Trinajstić information content (AvgIpc) is 3.22. The molecule has 0 atom stereocenters. The lowest BCUT2D eigenvalue weighted by atomic mass is 10.1. The fourth-order valence-corrected chi connectivity index (χ4v) is 3.41. The Labute approximate surface area is 143 Å². The summed E-state index contributed by atoms with van der Waals surface area (Å²) in [7, 11) is 0. The first kappa shape index (κ1) is 14.7. The van der Waals surface area contributed by atoms with Crippen molar-refractivity contribution in [2.45, 2.75) is 6.42 Å². The first-order valence-electron chi connectivity index (χ1n) is 7.65. The molecule has 0 aliphatic carbocycles. The third-order valence-corrected chi connectivity index (χ3v) is 4.58. The van der Waals surface area contributed by atoms with Crippen LogP contribution in [-0.2, 0) is 11.2 Å². The number of anilines is 1. The highest BCUT2D eigenvalue weighted by atomic mass is 32.1. The number of nitrogens with zero attached hydrogens (tertiary/aromatic N) is 1. The van der Waals surface area contributed by atoms with E-state index in [1.165, 1.54) is 11.3 Å². The number of para-hydroxylation sites is 1. The Bertz CT molecular complexity index is 988. The largest absolute Gasteiger partial charge is 0.360 e. The second-order valence-electron chi connectivity index (χ2n) is 5.50. The predicted octanol–water partition coefficient (Wildman–Crippen LogP) is 4.47. The van der Waals surface area contributed by atoms with Crippen LogP contribution in [0.25, 0.3) is 22.2 Å². The van der Waals surface area contributed by atoms with E-state index in [-0.39, 0.29) is 5.91 Å². The Balaban J connectivity index is 1.52. The summed E-state index contributed by atoms with van der Waals surface area (Å²) in [5, 5.41) is 6.60. The lowest BCUT2D eigenvalue weighted by Gasteiger charge is -2.01. The smallest absolute Gasteiger partial charge is 0.230 e. The molecule has 2 aromatic carbocycles. The Morgan fingerprint density at radius 2 is 1.88 bits per heavy atom. The van der Waals surface area contributed by atoms with Gasteiger partial charge >= 0.3 is 0 Å². The lowest BCUT2D eigenvalue weighted by Crippen LogP contribution is -2.14. The lowest BCUT2D eigenvalue weighted by molar-refractivity contribution is -0.115. The van der Waals surface area contributed by atoms with Gasteiger partial charge in [-0.05, 0) is 11.6 Å².